The van der Waals surface area contributed by atoms with Crippen molar-refractivity contribution in [2.24, 2.45) is 17.3 Å². The summed E-state index contributed by atoms with van der Waals surface area (Å²) in [5.41, 5.74) is -0.159. The van der Waals surface area contributed by atoms with Crippen molar-refractivity contribution < 1.29 is 14.3 Å². The molecule has 3 nitrogen and oxygen atoms in total. The number of carbonyl (C=O) groups is 1. The molecule has 1 saturated heterocycles. The van der Waals surface area contributed by atoms with Crippen LogP contribution in [-0.4, -0.2) is 24.8 Å². The maximum atomic E-state index is 12.5. The first-order valence-corrected chi connectivity index (χ1v) is 7.19. The molecule has 2 atom stereocenters. The molecule has 0 spiro atoms. The van der Waals surface area contributed by atoms with Crippen LogP contribution in [-0.2, 0) is 14.3 Å². The van der Waals surface area contributed by atoms with Crippen LogP contribution in [0, 0.1) is 17.3 Å². The van der Waals surface area contributed by atoms with E-state index in [1.165, 1.54) is 0 Å². The molecule has 0 aromatic heterocycles. The molecule has 104 valence electrons. The molecule has 0 radical (unpaired) electrons. The van der Waals surface area contributed by atoms with E-state index in [0.717, 1.165) is 25.7 Å². The van der Waals surface area contributed by atoms with Gasteiger partial charge in [0.25, 0.3) is 0 Å². The molecule has 3 heteroatoms. The van der Waals surface area contributed by atoms with Gasteiger partial charge in [0.2, 0.25) is 0 Å². The largest absolute Gasteiger partial charge is 0.348 e. The average Bonchev–Trinajstić information content (AvgIpc) is 2.85. The monoisotopic (exact) mass is 254 g/mol. The number of Topliss-reactive ketones (excluding diaryl/α,β-unsaturated/α-hetero) is 1. The molecular weight excluding hydrogens is 228 g/mol. The highest BCUT2D eigenvalue weighted by atomic mass is 16.7. The van der Waals surface area contributed by atoms with Gasteiger partial charge in [0.15, 0.2) is 5.79 Å². The maximum absolute atomic E-state index is 12.5. The Labute approximate surface area is 110 Å². The zero-order valence-corrected chi connectivity index (χ0v) is 12.1. The van der Waals surface area contributed by atoms with Gasteiger partial charge in [-0.2, -0.15) is 0 Å². The minimum absolute atomic E-state index is 0.159. The van der Waals surface area contributed by atoms with Crippen LogP contribution in [0.15, 0.2) is 0 Å². The number of carbonyl (C=O) groups excluding carboxylic acids is 1. The number of hydrogen-bond donors (Lipinski definition) is 0. The highest BCUT2D eigenvalue weighted by Crippen LogP contribution is 2.45. The Balaban J connectivity index is 1.94. The third-order valence-corrected chi connectivity index (χ3v) is 4.77. The van der Waals surface area contributed by atoms with Gasteiger partial charge in [0.05, 0.1) is 13.2 Å². The summed E-state index contributed by atoms with van der Waals surface area (Å²) < 4.78 is 11.2. The first-order chi connectivity index (χ1) is 8.36. The molecule has 0 bridgehead atoms. The topological polar surface area (TPSA) is 35.5 Å². The molecule has 0 aromatic carbocycles. The van der Waals surface area contributed by atoms with E-state index >= 15 is 0 Å². The third kappa shape index (κ3) is 2.62. The molecule has 1 aliphatic heterocycles. The molecule has 1 unspecified atom stereocenters. The van der Waals surface area contributed by atoms with Gasteiger partial charge in [0, 0.05) is 17.8 Å². The molecule has 18 heavy (non-hydrogen) atoms. The van der Waals surface area contributed by atoms with E-state index in [2.05, 4.69) is 20.8 Å². The van der Waals surface area contributed by atoms with E-state index in [1.807, 2.05) is 6.92 Å². The van der Waals surface area contributed by atoms with Crippen LogP contribution in [0.2, 0.25) is 0 Å². The minimum atomic E-state index is -0.459. The van der Waals surface area contributed by atoms with Crippen molar-refractivity contribution >= 4 is 5.78 Å². The molecule has 2 rings (SSSR count). The van der Waals surface area contributed by atoms with Gasteiger partial charge in [-0.15, -0.1) is 0 Å². The zero-order valence-electron chi connectivity index (χ0n) is 12.1. The standard InChI is InChI=1S/C15H26O3/c1-11(2)12-5-6-14(3,13(12)16)7-8-15(4)17-9-10-18-15/h11-12H,5-10H2,1-4H3/t12?,14-/m1/s1. The van der Waals surface area contributed by atoms with Crippen molar-refractivity contribution in [1.82, 2.24) is 0 Å². The lowest BCUT2D eigenvalue weighted by Crippen LogP contribution is -2.32. The van der Waals surface area contributed by atoms with Gasteiger partial charge >= 0.3 is 0 Å². The number of ketones is 1. The van der Waals surface area contributed by atoms with Crippen LogP contribution in [0.4, 0.5) is 0 Å². The molecule has 0 aromatic rings. The lowest BCUT2D eigenvalue weighted by atomic mass is 9.79. The van der Waals surface area contributed by atoms with Gasteiger partial charge in [0.1, 0.15) is 5.78 Å². The van der Waals surface area contributed by atoms with Crippen molar-refractivity contribution in [3.8, 4) is 0 Å². The predicted molar refractivity (Wildman–Crippen MR) is 70.2 cm³/mol. The normalized spacial score (nSPS) is 35.6. The number of ether oxygens (including phenoxy) is 2. The molecule has 1 aliphatic carbocycles. The van der Waals surface area contributed by atoms with E-state index in [9.17, 15) is 4.79 Å². The lowest BCUT2D eigenvalue weighted by molar-refractivity contribution is -0.153. The van der Waals surface area contributed by atoms with E-state index in [0.29, 0.717) is 24.9 Å². The fourth-order valence-corrected chi connectivity index (χ4v) is 3.26. The fraction of sp³-hybridized carbons (Fsp3) is 0.933. The van der Waals surface area contributed by atoms with Gasteiger partial charge in [-0.1, -0.05) is 20.8 Å². The molecule has 0 amide bonds. The maximum Gasteiger partial charge on any atom is 0.165 e. The molecular formula is C15H26O3. The summed E-state index contributed by atoms with van der Waals surface area (Å²) in [6.07, 6.45) is 3.77. The Kier molecular flexibility index (Phi) is 3.84. The second-order valence-electron chi connectivity index (χ2n) is 6.64. The van der Waals surface area contributed by atoms with Crippen molar-refractivity contribution in [3.63, 3.8) is 0 Å². The van der Waals surface area contributed by atoms with Crippen LogP contribution >= 0.6 is 0 Å². The Morgan fingerprint density at radius 1 is 1.22 bits per heavy atom. The van der Waals surface area contributed by atoms with Crippen molar-refractivity contribution in [2.45, 2.75) is 59.2 Å². The van der Waals surface area contributed by atoms with E-state index in [4.69, 9.17) is 9.47 Å². The van der Waals surface area contributed by atoms with E-state index in [1.54, 1.807) is 0 Å². The highest BCUT2D eigenvalue weighted by Gasteiger charge is 2.46. The molecule has 0 N–H and O–H groups in total. The number of hydrogen-bond acceptors (Lipinski definition) is 3. The molecule has 2 aliphatic rings. The fourth-order valence-electron chi connectivity index (χ4n) is 3.26. The second kappa shape index (κ2) is 4.93. The first kappa shape index (κ1) is 14.0. The average molecular weight is 254 g/mol. The number of rotatable bonds is 4. The smallest absolute Gasteiger partial charge is 0.165 e. The summed E-state index contributed by atoms with van der Waals surface area (Å²) in [6.45, 7) is 9.77. The zero-order chi connectivity index (χ0) is 13.4. The lowest BCUT2D eigenvalue weighted by Gasteiger charge is -2.29. The van der Waals surface area contributed by atoms with Gasteiger partial charge in [-0.3, -0.25) is 4.79 Å². The van der Waals surface area contributed by atoms with Crippen LogP contribution in [0.1, 0.15) is 53.4 Å². The van der Waals surface area contributed by atoms with Gasteiger partial charge < -0.3 is 9.47 Å². The van der Waals surface area contributed by atoms with Crippen LogP contribution in [0.25, 0.3) is 0 Å². The molecule has 2 fully saturated rings. The first-order valence-electron chi connectivity index (χ1n) is 7.19. The molecule has 1 saturated carbocycles. The predicted octanol–water partition coefficient (Wildman–Crippen LogP) is 3.17. The van der Waals surface area contributed by atoms with Crippen LogP contribution in [0.3, 0.4) is 0 Å². The summed E-state index contributed by atoms with van der Waals surface area (Å²) in [5, 5.41) is 0. The third-order valence-electron chi connectivity index (χ3n) is 4.77. The van der Waals surface area contributed by atoms with Gasteiger partial charge in [-0.05, 0) is 32.1 Å². The highest BCUT2D eigenvalue weighted by molar-refractivity contribution is 5.88. The quantitative estimate of drug-likeness (QED) is 0.773. The Bertz CT molecular complexity index is 318. The van der Waals surface area contributed by atoms with Crippen molar-refractivity contribution in [2.75, 3.05) is 13.2 Å². The van der Waals surface area contributed by atoms with Crippen LogP contribution < -0.4 is 0 Å². The van der Waals surface area contributed by atoms with E-state index < -0.39 is 5.79 Å². The Hall–Kier alpha value is -0.410. The summed E-state index contributed by atoms with van der Waals surface area (Å²) in [6, 6.07) is 0. The van der Waals surface area contributed by atoms with E-state index in [-0.39, 0.29) is 11.3 Å². The minimum Gasteiger partial charge on any atom is -0.348 e. The summed E-state index contributed by atoms with van der Waals surface area (Å²) in [4.78, 5) is 12.5. The van der Waals surface area contributed by atoms with Crippen LogP contribution in [0.5, 0.6) is 0 Å². The summed E-state index contributed by atoms with van der Waals surface area (Å²) >= 11 is 0. The van der Waals surface area contributed by atoms with Gasteiger partial charge in [-0.25, -0.2) is 0 Å². The SMILES string of the molecule is CC(C)C1CC[C@](C)(CCC2(C)OCCO2)C1=O. The summed E-state index contributed by atoms with van der Waals surface area (Å²) in [5.74, 6) is 0.723. The molecule has 1 heterocycles. The second-order valence-corrected chi connectivity index (χ2v) is 6.64. The summed E-state index contributed by atoms with van der Waals surface area (Å²) in [7, 11) is 0. The van der Waals surface area contributed by atoms with Crippen molar-refractivity contribution in [1.29, 1.82) is 0 Å². The Morgan fingerprint density at radius 3 is 2.33 bits per heavy atom. The van der Waals surface area contributed by atoms with Crippen molar-refractivity contribution in [3.05, 3.63) is 0 Å². The Morgan fingerprint density at radius 2 is 1.83 bits per heavy atom.